The number of benzene rings is 1. The molecular formula is C15H19FN2O. The average molecular weight is 262 g/mol. The summed E-state index contributed by atoms with van der Waals surface area (Å²) in [5.74, 6) is 0.599. The predicted octanol–water partition coefficient (Wildman–Crippen LogP) is 2.45. The highest BCUT2D eigenvalue weighted by atomic mass is 19.1. The van der Waals surface area contributed by atoms with Gasteiger partial charge in [-0.15, -0.1) is 0 Å². The largest absolute Gasteiger partial charge is 0.327 e. The summed E-state index contributed by atoms with van der Waals surface area (Å²) in [6, 6.07) is 4.62. The SMILES string of the molecule is Cc1cc(NC(=O)C2C3CCC(C3)C2N)ccc1F. The standard InChI is InChI=1S/C15H19FN2O/c1-8-6-11(4-5-12(8)16)18-15(19)13-9-2-3-10(7-9)14(13)17/h4-6,9-10,13-14H,2-3,7,17H2,1H3,(H,18,19). The monoisotopic (exact) mass is 262 g/mol. The minimum Gasteiger partial charge on any atom is -0.327 e. The van der Waals surface area contributed by atoms with Gasteiger partial charge in [-0.3, -0.25) is 4.79 Å². The molecule has 2 aliphatic carbocycles. The number of anilines is 1. The van der Waals surface area contributed by atoms with E-state index in [-0.39, 0.29) is 23.7 Å². The normalized spacial score (nSPS) is 32.6. The van der Waals surface area contributed by atoms with E-state index in [1.54, 1.807) is 19.1 Å². The Balaban J connectivity index is 1.73. The summed E-state index contributed by atoms with van der Waals surface area (Å²) in [5.41, 5.74) is 7.34. The molecule has 1 aromatic rings. The molecule has 0 radical (unpaired) electrons. The first-order chi connectivity index (χ1) is 9.06. The number of aryl methyl sites for hydroxylation is 1. The Morgan fingerprint density at radius 2 is 2.11 bits per heavy atom. The molecule has 0 saturated heterocycles. The third-order valence-electron chi connectivity index (χ3n) is 4.71. The molecule has 2 fully saturated rings. The summed E-state index contributed by atoms with van der Waals surface area (Å²) < 4.78 is 13.2. The second-order valence-electron chi connectivity index (χ2n) is 5.89. The maximum atomic E-state index is 13.2. The zero-order valence-corrected chi connectivity index (χ0v) is 11.0. The zero-order valence-electron chi connectivity index (χ0n) is 11.0. The van der Waals surface area contributed by atoms with Crippen LogP contribution in [0.4, 0.5) is 10.1 Å². The van der Waals surface area contributed by atoms with E-state index >= 15 is 0 Å². The fourth-order valence-corrected chi connectivity index (χ4v) is 3.67. The van der Waals surface area contributed by atoms with Crippen LogP contribution in [0.3, 0.4) is 0 Å². The maximum absolute atomic E-state index is 13.2. The van der Waals surface area contributed by atoms with Crippen LogP contribution < -0.4 is 11.1 Å². The van der Waals surface area contributed by atoms with Crippen molar-refractivity contribution in [1.82, 2.24) is 0 Å². The van der Waals surface area contributed by atoms with Gasteiger partial charge in [-0.05, 0) is 61.8 Å². The molecule has 3 N–H and O–H groups in total. The summed E-state index contributed by atoms with van der Waals surface area (Å²) in [6.45, 7) is 1.69. The Hall–Kier alpha value is -1.42. The predicted molar refractivity (Wildman–Crippen MR) is 72.1 cm³/mol. The zero-order chi connectivity index (χ0) is 13.6. The lowest BCUT2D eigenvalue weighted by molar-refractivity contribution is -0.121. The van der Waals surface area contributed by atoms with Crippen LogP contribution in [0.15, 0.2) is 18.2 Å². The van der Waals surface area contributed by atoms with Crippen LogP contribution in [0.25, 0.3) is 0 Å². The van der Waals surface area contributed by atoms with Gasteiger partial charge in [0.1, 0.15) is 5.82 Å². The number of carbonyl (C=O) groups is 1. The number of nitrogens with two attached hydrogens (primary N) is 1. The van der Waals surface area contributed by atoms with E-state index in [2.05, 4.69) is 5.32 Å². The first-order valence-corrected chi connectivity index (χ1v) is 6.89. The number of hydrogen-bond acceptors (Lipinski definition) is 2. The third-order valence-corrected chi connectivity index (χ3v) is 4.71. The Morgan fingerprint density at radius 1 is 1.37 bits per heavy atom. The highest BCUT2D eigenvalue weighted by Crippen LogP contribution is 2.47. The highest BCUT2D eigenvalue weighted by molar-refractivity contribution is 5.93. The Labute approximate surface area is 112 Å². The van der Waals surface area contributed by atoms with Crippen molar-refractivity contribution in [3.8, 4) is 0 Å². The van der Waals surface area contributed by atoms with Gasteiger partial charge < -0.3 is 11.1 Å². The van der Waals surface area contributed by atoms with Crippen molar-refractivity contribution in [2.75, 3.05) is 5.32 Å². The minimum absolute atomic E-state index is 0.00860. The van der Waals surface area contributed by atoms with Gasteiger partial charge in [-0.25, -0.2) is 4.39 Å². The van der Waals surface area contributed by atoms with E-state index in [4.69, 9.17) is 5.73 Å². The van der Waals surface area contributed by atoms with Crippen molar-refractivity contribution < 1.29 is 9.18 Å². The molecule has 0 aromatic heterocycles. The smallest absolute Gasteiger partial charge is 0.229 e. The van der Waals surface area contributed by atoms with Crippen LogP contribution in [0, 0.1) is 30.5 Å². The number of carbonyl (C=O) groups excluding carboxylic acids is 1. The average Bonchev–Trinajstić information content (AvgIpc) is 2.94. The maximum Gasteiger partial charge on any atom is 0.229 e. The minimum atomic E-state index is -0.255. The summed E-state index contributed by atoms with van der Waals surface area (Å²) in [4.78, 5) is 12.3. The van der Waals surface area contributed by atoms with Crippen molar-refractivity contribution in [3.63, 3.8) is 0 Å². The molecule has 0 aliphatic heterocycles. The fraction of sp³-hybridized carbons (Fsp3) is 0.533. The molecule has 4 heteroatoms. The number of hydrogen-bond donors (Lipinski definition) is 2. The van der Waals surface area contributed by atoms with Gasteiger partial charge in [-0.1, -0.05) is 0 Å². The number of nitrogens with one attached hydrogen (secondary N) is 1. The van der Waals surface area contributed by atoms with E-state index in [0.29, 0.717) is 23.1 Å². The second kappa shape index (κ2) is 4.60. The second-order valence-corrected chi connectivity index (χ2v) is 5.89. The van der Waals surface area contributed by atoms with E-state index in [0.717, 1.165) is 19.3 Å². The van der Waals surface area contributed by atoms with Crippen LogP contribution in [-0.4, -0.2) is 11.9 Å². The first-order valence-electron chi connectivity index (χ1n) is 6.89. The van der Waals surface area contributed by atoms with Crippen molar-refractivity contribution in [3.05, 3.63) is 29.6 Å². The van der Waals surface area contributed by atoms with Crippen LogP contribution in [0.1, 0.15) is 24.8 Å². The van der Waals surface area contributed by atoms with E-state index in [1.807, 2.05) is 0 Å². The molecule has 4 unspecified atom stereocenters. The molecule has 102 valence electrons. The van der Waals surface area contributed by atoms with Gasteiger partial charge in [0.15, 0.2) is 0 Å². The molecule has 2 bridgehead atoms. The lowest BCUT2D eigenvalue weighted by atomic mass is 9.84. The Bertz CT molecular complexity index is 515. The molecule has 4 atom stereocenters. The van der Waals surface area contributed by atoms with Gasteiger partial charge in [0, 0.05) is 11.7 Å². The lowest BCUT2D eigenvalue weighted by Crippen LogP contribution is -2.42. The molecule has 2 saturated carbocycles. The lowest BCUT2D eigenvalue weighted by Gasteiger charge is -2.27. The Kier molecular flexibility index (Phi) is 3.05. The summed E-state index contributed by atoms with van der Waals surface area (Å²) in [6.07, 6.45) is 3.35. The third kappa shape index (κ3) is 2.14. The molecular weight excluding hydrogens is 243 g/mol. The summed E-state index contributed by atoms with van der Waals surface area (Å²) in [7, 11) is 0. The van der Waals surface area contributed by atoms with Crippen molar-refractivity contribution in [2.24, 2.45) is 23.5 Å². The highest BCUT2D eigenvalue weighted by Gasteiger charge is 2.49. The summed E-state index contributed by atoms with van der Waals surface area (Å²) >= 11 is 0. The van der Waals surface area contributed by atoms with Crippen LogP contribution in [0.2, 0.25) is 0 Å². The van der Waals surface area contributed by atoms with Gasteiger partial charge in [0.05, 0.1) is 5.92 Å². The molecule has 0 spiro atoms. The molecule has 1 aromatic carbocycles. The number of amides is 1. The number of rotatable bonds is 2. The topological polar surface area (TPSA) is 55.1 Å². The summed E-state index contributed by atoms with van der Waals surface area (Å²) in [5, 5.41) is 2.88. The molecule has 19 heavy (non-hydrogen) atoms. The van der Waals surface area contributed by atoms with Gasteiger partial charge >= 0.3 is 0 Å². The van der Waals surface area contributed by atoms with Crippen molar-refractivity contribution >= 4 is 11.6 Å². The van der Waals surface area contributed by atoms with Crippen LogP contribution in [0.5, 0.6) is 0 Å². The molecule has 3 nitrogen and oxygen atoms in total. The van der Waals surface area contributed by atoms with Crippen LogP contribution >= 0.6 is 0 Å². The van der Waals surface area contributed by atoms with Crippen molar-refractivity contribution in [1.29, 1.82) is 0 Å². The molecule has 1 amide bonds. The van der Waals surface area contributed by atoms with Crippen LogP contribution in [-0.2, 0) is 4.79 Å². The molecule has 2 aliphatic rings. The van der Waals surface area contributed by atoms with E-state index < -0.39 is 0 Å². The van der Waals surface area contributed by atoms with Crippen molar-refractivity contribution in [2.45, 2.75) is 32.2 Å². The number of halogens is 1. The van der Waals surface area contributed by atoms with E-state index in [1.165, 1.54) is 6.07 Å². The first kappa shape index (κ1) is 12.6. The van der Waals surface area contributed by atoms with Gasteiger partial charge in [-0.2, -0.15) is 0 Å². The fourth-order valence-electron chi connectivity index (χ4n) is 3.67. The Morgan fingerprint density at radius 3 is 2.74 bits per heavy atom. The number of fused-ring (bicyclic) bond motifs is 2. The van der Waals surface area contributed by atoms with Gasteiger partial charge in [0.2, 0.25) is 5.91 Å². The van der Waals surface area contributed by atoms with Gasteiger partial charge in [0.25, 0.3) is 0 Å². The van der Waals surface area contributed by atoms with E-state index in [9.17, 15) is 9.18 Å². The molecule has 0 heterocycles. The molecule has 3 rings (SSSR count). The quantitative estimate of drug-likeness (QED) is 0.860.